The minimum absolute atomic E-state index is 0.0984. The summed E-state index contributed by atoms with van der Waals surface area (Å²) in [6.45, 7) is 2.04. The zero-order valence-electron chi connectivity index (χ0n) is 17.5. The molecule has 1 N–H and O–H groups in total. The summed E-state index contributed by atoms with van der Waals surface area (Å²) in [5.74, 6) is 0.642. The first-order valence-electron chi connectivity index (χ1n) is 9.60. The largest absolute Gasteiger partial charge is 0.493 e. The van der Waals surface area contributed by atoms with Crippen LogP contribution in [-0.2, 0) is 4.74 Å². The van der Waals surface area contributed by atoms with Gasteiger partial charge in [0.05, 0.1) is 36.6 Å². The predicted octanol–water partition coefficient (Wildman–Crippen LogP) is 4.40. The Labute approximate surface area is 186 Å². The molecular weight excluding hydrogens is 434 g/mol. The van der Waals surface area contributed by atoms with Crippen molar-refractivity contribution in [3.8, 4) is 22.8 Å². The molecule has 2 aromatic carbocycles. The molecule has 32 heavy (non-hydrogen) atoms. The quantitative estimate of drug-likeness (QED) is 0.410. The monoisotopic (exact) mass is 453 g/mol. The van der Waals surface area contributed by atoms with Gasteiger partial charge in [0.2, 0.25) is 0 Å². The Morgan fingerprint density at radius 1 is 1.06 bits per heavy atom. The molecule has 0 aliphatic rings. The standard InChI is InChI=1S/C22H19N3O6S/c1-4-30-21(27)13-5-7-14-19(10-13)32-22(23-14)24-20(26)15-11-17(31-25-15)12-6-8-16(28-2)18(9-12)29-3/h5-11H,4H2,1-3H3,(H,23,24,26). The summed E-state index contributed by atoms with van der Waals surface area (Å²) in [6.07, 6.45) is 0. The molecule has 0 saturated carbocycles. The molecule has 0 unspecified atom stereocenters. The number of fused-ring (bicyclic) bond motifs is 1. The fraction of sp³-hybridized carbons (Fsp3) is 0.182. The van der Waals surface area contributed by atoms with Crippen molar-refractivity contribution in [3.63, 3.8) is 0 Å². The number of nitrogens with one attached hydrogen (secondary N) is 1. The van der Waals surface area contributed by atoms with Gasteiger partial charge in [-0.1, -0.05) is 16.5 Å². The Morgan fingerprint density at radius 3 is 2.62 bits per heavy atom. The molecule has 10 heteroatoms. The van der Waals surface area contributed by atoms with E-state index in [1.807, 2.05) is 0 Å². The molecule has 9 nitrogen and oxygen atoms in total. The van der Waals surface area contributed by atoms with Gasteiger partial charge in [0, 0.05) is 11.6 Å². The van der Waals surface area contributed by atoms with Gasteiger partial charge in [-0.25, -0.2) is 9.78 Å². The molecular formula is C22H19N3O6S. The van der Waals surface area contributed by atoms with Gasteiger partial charge in [0.25, 0.3) is 5.91 Å². The number of aromatic nitrogens is 2. The molecule has 0 saturated heterocycles. The molecule has 1 amide bonds. The molecule has 0 spiro atoms. The Hall–Kier alpha value is -3.92. The average molecular weight is 453 g/mol. The average Bonchev–Trinajstić information content (AvgIpc) is 3.45. The van der Waals surface area contributed by atoms with E-state index in [9.17, 15) is 9.59 Å². The van der Waals surface area contributed by atoms with Crippen molar-refractivity contribution in [3.05, 3.63) is 53.7 Å². The Morgan fingerprint density at radius 2 is 1.88 bits per heavy atom. The van der Waals surface area contributed by atoms with Crippen LogP contribution in [0.5, 0.6) is 11.5 Å². The van der Waals surface area contributed by atoms with Gasteiger partial charge >= 0.3 is 5.97 Å². The molecule has 164 valence electrons. The van der Waals surface area contributed by atoms with Crippen LogP contribution >= 0.6 is 11.3 Å². The maximum absolute atomic E-state index is 12.6. The van der Waals surface area contributed by atoms with Crippen LogP contribution in [0.4, 0.5) is 5.13 Å². The van der Waals surface area contributed by atoms with E-state index in [2.05, 4.69) is 15.5 Å². The number of hydrogen-bond donors (Lipinski definition) is 1. The lowest BCUT2D eigenvalue weighted by Gasteiger charge is -2.07. The molecule has 0 atom stereocenters. The highest BCUT2D eigenvalue weighted by molar-refractivity contribution is 7.22. The number of carbonyl (C=O) groups is 2. The van der Waals surface area contributed by atoms with Crippen molar-refractivity contribution in [1.82, 2.24) is 10.1 Å². The SMILES string of the molecule is CCOC(=O)c1ccc2nc(NC(=O)c3cc(-c4ccc(OC)c(OC)c4)on3)sc2c1. The minimum Gasteiger partial charge on any atom is -0.493 e. The van der Waals surface area contributed by atoms with Crippen LogP contribution in [-0.4, -0.2) is 42.8 Å². The van der Waals surface area contributed by atoms with E-state index in [1.54, 1.807) is 50.4 Å². The van der Waals surface area contributed by atoms with Crippen molar-refractivity contribution in [2.45, 2.75) is 6.92 Å². The lowest BCUT2D eigenvalue weighted by Crippen LogP contribution is -2.11. The van der Waals surface area contributed by atoms with E-state index < -0.39 is 11.9 Å². The topological polar surface area (TPSA) is 113 Å². The number of anilines is 1. The second-order valence-electron chi connectivity index (χ2n) is 6.52. The second-order valence-corrected chi connectivity index (χ2v) is 7.55. The second kappa shape index (κ2) is 9.06. The number of ether oxygens (including phenoxy) is 3. The first-order chi connectivity index (χ1) is 15.5. The van der Waals surface area contributed by atoms with E-state index in [-0.39, 0.29) is 5.69 Å². The zero-order chi connectivity index (χ0) is 22.7. The minimum atomic E-state index is -0.467. The van der Waals surface area contributed by atoms with Gasteiger partial charge < -0.3 is 18.7 Å². The molecule has 0 aliphatic heterocycles. The van der Waals surface area contributed by atoms with Gasteiger partial charge in [-0.15, -0.1) is 0 Å². The van der Waals surface area contributed by atoms with Crippen molar-refractivity contribution in [2.75, 3.05) is 26.1 Å². The van der Waals surface area contributed by atoms with Gasteiger partial charge in [0.1, 0.15) is 0 Å². The van der Waals surface area contributed by atoms with Gasteiger partial charge in [-0.3, -0.25) is 10.1 Å². The Kier molecular flexibility index (Phi) is 6.04. The van der Waals surface area contributed by atoms with Gasteiger partial charge in [0.15, 0.2) is 28.1 Å². The number of methoxy groups -OCH3 is 2. The number of esters is 1. The third-order valence-electron chi connectivity index (χ3n) is 4.53. The molecule has 0 radical (unpaired) electrons. The summed E-state index contributed by atoms with van der Waals surface area (Å²) < 4.78 is 21.6. The Bertz CT molecular complexity index is 1300. The summed E-state index contributed by atoms with van der Waals surface area (Å²) >= 11 is 1.24. The molecule has 2 aromatic heterocycles. The highest BCUT2D eigenvalue weighted by Gasteiger charge is 2.17. The van der Waals surface area contributed by atoms with Crippen molar-refractivity contribution in [1.29, 1.82) is 0 Å². The molecule has 0 aliphatic carbocycles. The van der Waals surface area contributed by atoms with E-state index in [0.717, 1.165) is 4.70 Å². The third-order valence-corrected chi connectivity index (χ3v) is 5.46. The van der Waals surface area contributed by atoms with Crippen LogP contribution in [0.3, 0.4) is 0 Å². The predicted molar refractivity (Wildman–Crippen MR) is 119 cm³/mol. The summed E-state index contributed by atoms with van der Waals surface area (Å²) in [5.41, 5.74) is 1.86. The maximum Gasteiger partial charge on any atom is 0.338 e. The molecule has 0 fully saturated rings. The number of rotatable bonds is 7. The number of amides is 1. The van der Waals surface area contributed by atoms with E-state index in [1.165, 1.54) is 24.5 Å². The van der Waals surface area contributed by atoms with Crippen LogP contribution in [0.15, 0.2) is 47.0 Å². The first-order valence-corrected chi connectivity index (χ1v) is 10.4. The van der Waals surface area contributed by atoms with Crippen molar-refractivity contribution >= 4 is 38.6 Å². The smallest absolute Gasteiger partial charge is 0.338 e. The maximum atomic E-state index is 12.6. The number of hydrogen-bond acceptors (Lipinski definition) is 9. The van der Waals surface area contributed by atoms with Gasteiger partial charge in [-0.2, -0.15) is 0 Å². The molecule has 4 aromatic rings. The molecule has 2 heterocycles. The number of benzene rings is 2. The summed E-state index contributed by atoms with van der Waals surface area (Å²) in [7, 11) is 3.09. The first kappa shape index (κ1) is 21.3. The van der Waals surface area contributed by atoms with E-state index >= 15 is 0 Å². The van der Waals surface area contributed by atoms with E-state index in [4.69, 9.17) is 18.7 Å². The van der Waals surface area contributed by atoms with Crippen molar-refractivity contribution < 1.29 is 28.3 Å². The van der Waals surface area contributed by atoms with Crippen LogP contribution in [0.1, 0.15) is 27.8 Å². The van der Waals surface area contributed by atoms with E-state index in [0.29, 0.717) is 45.6 Å². The summed E-state index contributed by atoms with van der Waals surface area (Å²) in [5, 5.41) is 6.94. The van der Waals surface area contributed by atoms with Gasteiger partial charge in [-0.05, 0) is 43.3 Å². The fourth-order valence-electron chi connectivity index (χ4n) is 2.99. The fourth-order valence-corrected chi connectivity index (χ4v) is 3.89. The zero-order valence-corrected chi connectivity index (χ0v) is 18.3. The number of thiazole rings is 1. The third kappa shape index (κ3) is 4.26. The highest BCUT2D eigenvalue weighted by Crippen LogP contribution is 2.33. The molecule has 0 bridgehead atoms. The lowest BCUT2D eigenvalue weighted by molar-refractivity contribution is 0.0526. The highest BCUT2D eigenvalue weighted by atomic mass is 32.1. The van der Waals surface area contributed by atoms with Crippen LogP contribution in [0, 0.1) is 0 Å². The number of nitrogens with zero attached hydrogens (tertiary/aromatic N) is 2. The van der Waals surface area contributed by atoms with Crippen LogP contribution in [0.2, 0.25) is 0 Å². The van der Waals surface area contributed by atoms with Crippen LogP contribution < -0.4 is 14.8 Å². The summed E-state index contributed by atoms with van der Waals surface area (Å²) in [6, 6.07) is 11.8. The van der Waals surface area contributed by atoms with Crippen molar-refractivity contribution in [2.24, 2.45) is 0 Å². The van der Waals surface area contributed by atoms with Crippen LogP contribution in [0.25, 0.3) is 21.5 Å². The lowest BCUT2D eigenvalue weighted by atomic mass is 10.1. The normalized spacial score (nSPS) is 10.7. The Balaban J connectivity index is 1.52. The summed E-state index contributed by atoms with van der Waals surface area (Å²) in [4.78, 5) is 28.9. The molecule has 4 rings (SSSR count). The number of carbonyl (C=O) groups excluding carboxylic acids is 2.